The number of fused-ring (bicyclic) bond motifs is 1. The molecule has 98 valence electrons. The third kappa shape index (κ3) is 1.16. The van der Waals surface area contributed by atoms with Gasteiger partial charge in [0.15, 0.2) is 11.4 Å². The SMILES string of the molecule is CC1C(C)C2(C)C1CC(C)C2(OO)C(=O)CO. The Bertz CT molecular complexity index is 342. The van der Waals surface area contributed by atoms with Crippen molar-refractivity contribution in [2.24, 2.45) is 29.1 Å². The predicted molar refractivity (Wildman–Crippen MR) is 62.2 cm³/mol. The molecule has 2 saturated carbocycles. The molecule has 0 aromatic heterocycles. The molecule has 2 fully saturated rings. The highest BCUT2D eigenvalue weighted by atomic mass is 17.1. The highest BCUT2D eigenvalue weighted by molar-refractivity contribution is 5.90. The summed E-state index contributed by atoms with van der Waals surface area (Å²) in [7, 11) is 0. The number of carbonyl (C=O) groups is 1. The van der Waals surface area contributed by atoms with Crippen LogP contribution in [0.15, 0.2) is 0 Å². The minimum absolute atomic E-state index is 0.0606. The maximum absolute atomic E-state index is 12.1. The summed E-state index contributed by atoms with van der Waals surface area (Å²) in [6, 6.07) is 0. The van der Waals surface area contributed by atoms with E-state index in [0.717, 1.165) is 6.42 Å². The molecular formula is C13H22O4. The van der Waals surface area contributed by atoms with Crippen LogP contribution < -0.4 is 0 Å². The lowest BCUT2D eigenvalue weighted by atomic mass is 9.45. The molecule has 0 aliphatic heterocycles. The van der Waals surface area contributed by atoms with Gasteiger partial charge in [-0.3, -0.25) is 10.1 Å². The van der Waals surface area contributed by atoms with Gasteiger partial charge in [-0.1, -0.05) is 27.7 Å². The van der Waals surface area contributed by atoms with Gasteiger partial charge in [0.05, 0.1) is 0 Å². The second kappa shape index (κ2) is 3.77. The monoisotopic (exact) mass is 242 g/mol. The van der Waals surface area contributed by atoms with Crippen LogP contribution in [0.5, 0.6) is 0 Å². The first kappa shape index (κ1) is 13.0. The molecule has 0 saturated heterocycles. The molecule has 0 bridgehead atoms. The summed E-state index contributed by atoms with van der Waals surface area (Å²) >= 11 is 0. The Morgan fingerprint density at radius 3 is 2.47 bits per heavy atom. The van der Waals surface area contributed by atoms with E-state index in [0.29, 0.717) is 17.8 Å². The van der Waals surface area contributed by atoms with E-state index in [1.54, 1.807) is 0 Å². The zero-order chi connectivity index (χ0) is 13.0. The van der Waals surface area contributed by atoms with Gasteiger partial charge in [0.2, 0.25) is 0 Å². The topological polar surface area (TPSA) is 66.8 Å². The third-order valence-electron chi connectivity index (χ3n) is 5.94. The van der Waals surface area contributed by atoms with Gasteiger partial charge in [-0.05, 0) is 30.1 Å². The predicted octanol–water partition coefficient (Wildman–Crippen LogP) is 1.72. The van der Waals surface area contributed by atoms with E-state index in [-0.39, 0.29) is 11.3 Å². The van der Waals surface area contributed by atoms with E-state index in [2.05, 4.69) is 13.8 Å². The van der Waals surface area contributed by atoms with Gasteiger partial charge in [-0.15, -0.1) is 0 Å². The summed E-state index contributed by atoms with van der Waals surface area (Å²) < 4.78 is 0. The number of hydrogen-bond donors (Lipinski definition) is 2. The van der Waals surface area contributed by atoms with Crippen molar-refractivity contribution in [3.05, 3.63) is 0 Å². The molecule has 4 nitrogen and oxygen atoms in total. The van der Waals surface area contributed by atoms with Crippen LogP contribution in [0, 0.1) is 29.1 Å². The van der Waals surface area contributed by atoms with Crippen LogP contribution in [-0.4, -0.2) is 28.4 Å². The third-order valence-corrected chi connectivity index (χ3v) is 5.94. The molecule has 2 rings (SSSR count). The smallest absolute Gasteiger partial charge is 0.194 e. The summed E-state index contributed by atoms with van der Waals surface area (Å²) in [5.41, 5.74) is -1.58. The summed E-state index contributed by atoms with van der Waals surface area (Å²) in [6.45, 7) is 7.63. The van der Waals surface area contributed by atoms with Gasteiger partial charge in [-0.25, -0.2) is 4.89 Å². The van der Waals surface area contributed by atoms with Crippen LogP contribution in [0.1, 0.15) is 34.1 Å². The first-order valence-corrected chi connectivity index (χ1v) is 6.34. The van der Waals surface area contributed by atoms with Crippen molar-refractivity contribution in [3.63, 3.8) is 0 Å². The van der Waals surface area contributed by atoms with Gasteiger partial charge >= 0.3 is 0 Å². The summed E-state index contributed by atoms with van der Waals surface area (Å²) in [6.07, 6.45) is 0.869. The Morgan fingerprint density at radius 2 is 2.00 bits per heavy atom. The Labute approximate surface area is 102 Å². The van der Waals surface area contributed by atoms with E-state index in [1.807, 2.05) is 13.8 Å². The number of aliphatic hydroxyl groups excluding tert-OH is 1. The average molecular weight is 242 g/mol. The van der Waals surface area contributed by atoms with Crippen molar-refractivity contribution in [3.8, 4) is 0 Å². The largest absolute Gasteiger partial charge is 0.388 e. The van der Waals surface area contributed by atoms with Crippen molar-refractivity contribution in [1.82, 2.24) is 0 Å². The maximum atomic E-state index is 12.1. The summed E-state index contributed by atoms with van der Waals surface area (Å²) in [5.74, 6) is 0.770. The molecule has 17 heavy (non-hydrogen) atoms. The second-order valence-electron chi connectivity index (χ2n) is 6.08. The normalized spacial score (nSPS) is 53.1. The number of hydrogen-bond acceptors (Lipinski definition) is 4. The van der Waals surface area contributed by atoms with E-state index in [9.17, 15) is 10.1 Å². The molecule has 0 radical (unpaired) electrons. The van der Waals surface area contributed by atoms with E-state index in [1.165, 1.54) is 0 Å². The molecule has 4 heteroatoms. The lowest BCUT2D eigenvalue weighted by Crippen LogP contribution is -2.66. The molecule has 6 unspecified atom stereocenters. The number of ketones is 1. The van der Waals surface area contributed by atoms with E-state index < -0.39 is 18.0 Å². The second-order valence-corrected chi connectivity index (χ2v) is 6.08. The lowest BCUT2D eigenvalue weighted by molar-refractivity contribution is -0.362. The number of aliphatic hydroxyl groups is 1. The number of Topliss-reactive ketones (excluding diaryl/α,β-unsaturated/α-hetero) is 1. The highest BCUT2D eigenvalue weighted by Crippen LogP contribution is 2.70. The summed E-state index contributed by atoms with van der Waals surface area (Å²) in [5, 5.41) is 18.5. The molecule has 2 aliphatic rings. The quantitative estimate of drug-likeness (QED) is 0.584. The zero-order valence-corrected chi connectivity index (χ0v) is 10.9. The van der Waals surface area contributed by atoms with E-state index in [4.69, 9.17) is 9.99 Å². The van der Waals surface area contributed by atoms with Gasteiger partial charge in [0.25, 0.3) is 0 Å². The molecule has 2 N–H and O–H groups in total. The fourth-order valence-corrected chi connectivity index (χ4v) is 4.74. The van der Waals surface area contributed by atoms with Crippen molar-refractivity contribution in [1.29, 1.82) is 0 Å². The molecule has 0 amide bonds. The van der Waals surface area contributed by atoms with Crippen LogP contribution in [0.3, 0.4) is 0 Å². The molecule has 2 aliphatic carbocycles. The van der Waals surface area contributed by atoms with Gasteiger partial charge < -0.3 is 5.11 Å². The highest BCUT2D eigenvalue weighted by Gasteiger charge is 2.75. The molecule has 0 aromatic rings. The van der Waals surface area contributed by atoms with Crippen molar-refractivity contribution < 1.29 is 20.0 Å². The number of carbonyl (C=O) groups excluding carboxylic acids is 1. The Balaban J connectivity index is 2.48. The first-order valence-electron chi connectivity index (χ1n) is 6.34. The van der Waals surface area contributed by atoms with Crippen molar-refractivity contribution >= 4 is 5.78 Å². The first-order chi connectivity index (χ1) is 7.87. The van der Waals surface area contributed by atoms with Gasteiger partial charge in [-0.2, -0.15) is 0 Å². The van der Waals surface area contributed by atoms with Crippen molar-refractivity contribution in [2.75, 3.05) is 6.61 Å². The van der Waals surface area contributed by atoms with Crippen LogP contribution in [-0.2, 0) is 9.68 Å². The van der Waals surface area contributed by atoms with Crippen LogP contribution in [0.4, 0.5) is 0 Å². The van der Waals surface area contributed by atoms with Crippen LogP contribution >= 0.6 is 0 Å². The molecule has 0 spiro atoms. The molecule has 0 heterocycles. The zero-order valence-electron chi connectivity index (χ0n) is 10.9. The van der Waals surface area contributed by atoms with Gasteiger partial charge in [0, 0.05) is 5.41 Å². The Hall–Kier alpha value is -0.450. The Kier molecular flexibility index (Phi) is 2.88. The average Bonchev–Trinajstić information content (AvgIpc) is 2.55. The molecule has 0 aromatic carbocycles. The lowest BCUT2D eigenvalue weighted by Gasteiger charge is -2.59. The fraction of sp³-hybridized carbons (Fsp3) is 0.923. The fourth-order valence-electron chi connectivity index (χ4n) is 4.74. The minimum atomic E-state index is -1.22. The Morgan fingerprint density at radius 1 is 1.41 bits per heavy atom. The number of rotatable bonds is 3. The summed E-state index contributed by atoms with van der Waals surface area (Å²) in [4.78, 5) is 16.8. The molecular weight excluding hydrogens is 220 g/mol. The van der Waals surface area contributed by atoms with E-state index >= 15 is 0 Å². The minimum Gasteiger partial charge on any atom is -0.388 e. The van der Waals surface area contributed by atoms with Crippen LogP contribution in [0.25, 0.3) is 0 Å². The van der Waals surface area contributed by atoms with Crippen LogP contribution in [0.2, 0.25) is 0 Å². The molecule has 6 atom stereocenters. The maximum Gasteiger partial charge on any atom is 0.194 e. The standard InChI is InChI=1S/C13H22O4/c1-7-5-10-8(2)9(3)12(10,4)13(7,17-16)11(15)6-14/h7-10,14,16H,5-6H2,1-4H3. The van der Waals surface area contributed by atoms with Crippen molar-refractivity contribution in [2.45, 2.75) is 39.7 Å². The van der Waals surface area contributed by atoms with Gasteiger partial charge in [0.1, 0.15) is 6.61 Å².